The summed E-state index contributed by atoms with van der Waals surface area (Å²) in [5.41, 5.74) is 2.09. The van der Waals surface area contributed by atoms with Crippen LogP contribution in [0.1, 0.15) is 92.9 Å². The van der Waals surface area contributed by atoms with Crippen molar-refractivity contribution in [2.45, 2.75) is 89.2 Å². The van der Waals surface area contributed by atoms with Crippen LogP contribution in [-0.2, 0) is 9.53 Å². The minimum Gasteiger partial charge on any atom is -0.366 e. The number of amides is 2. The molecule has 2 aliphatic carbocycles. The molecule has 3 atom stereocenters. The second-order valence-corrected chi connectivity index (χ2v) is 11.9. The predicted octanol–water partition coefficient (Wildman–Crippen LogP) is 5.78. The summed E-state index contributed by atoms with van der Waals surface area (Å²) in [5.74, 6) is -3.44. The van der Waals surface area contributed by atoms with Gasteiger partial charge < -0.3 is 20.4 Å². The number of nitrogens with one attached hydrogen (secondary N) is 3. The van der Waals surface area contributed by atoms with Gasteiger partial charge in [0, 0.05) is 31.5 Å². The molecule has 2 saturated carbocycles. The summed E-state index contributed by atoms with van der Waals surface area (Å²) in [5, 5.41) is 9.88. The lowest BCUT2D eigenvalue weighted by atomic mass is 9.79. The highest BCUT2D eigenvalue weighted by Crippen LogP contribution is 2.45. The number of halogens is 5. The molecular formula is C29H35F5N6O3. The number of hydrogen-bond acceptors (Lipinski definition) is 5. The number of fused-ring (bicyclic) bond motifs is 1. The van der Waals surface area contributed by atoms with Crippen LogP contribution in [0, 0.1) is 11.8 Å². The van der Waals surface area contributed by atoms with Crippen LogP contribution in [0.3, 0.4) is 0 Å². The molecule has 0 aliphatic heterocycles. The van der Waals surface area contributed by atoms with Gasteiger partial charge >= 0.3 is 6.18 Å². The van der Waals surface area contributed by atoms with Gasteiger partial charge in [0.05, 0.1) is 23.7 Å². The van der Waals surface area contributed by atoms with Gasteiger partial charge in [-0.3, -0.25) is 14.3 Å². The number of H-pyrrole nitrogens is 1. The predicted molar refractivity (Wildman–Crippen MR) is 146 cm³/mol. The Morgan fingerprint density at radius 3 is 2.49 bits per heavy atom. The van der Waals surface area contributed by atoms with Crippen molar-refractivity contribution < 1.29 is 36.3 Å². The van der Waals surface area contributed by atoms with Crippen molar-refractivity contribution >= 4 is 22.8 Å². The molecule has 2 aromatic heterocycles. The first kappa shape index (κ1) is 30.9. The van der Waals surface area contributed by atoms with Crippen LogP contribution in [-0.4, -0.2) is 56.4 Å². The SMILES string of the molecule is CC(C)n1nccc1C(=O)N[C@@H](CO[C@@H](C)C(F)(F)F)c1nc2ccc([C@H](NC(=O)CC3CC(F)(F)C3)C3CC3)cc2[nH]1. The molecule has 3 N–H and O–H groups in total. The van der Waals surface area contributed by atoms with Crippen LogP contribution in [0.4, 0.5) is 22.0 Å². The molecular weight excluding hydrogens is 575 g/mol. The fourth-order valence-corrected chi connectivity index (χ4v) is 5.39. The number of alkyl halides is 5. The Bertz CT molecular complexity index is 1460. The first-order valence-electron chi connectivity index (χ1n) is 14.4. The van der Waals surface area contributed by atoms with E-state index >= 15 is 0 Å². The monoisotopic (exact) mass is 610 g/mol. The fraction of sp³-hybridized carbons (Fsp3) is 0.586. The van der Waals surface area contributed by atoms with Crippen molar-refractivity contribution in [2.75, 3.05) is 6.61 Å². The third kappa shape index (κ3) is 7.34. The molecule has 1 aromatic carbocycles. The molecule has 0 unspecified atom stereocenters. The maximum absolute atomic E-state index is 13.2. The molecule has 0 bridgehead atoms. The highest BCUT2D eigenvalue weighted by atomic mass is 19.4. The molecule has 0 spiro atoms. The van der Waals surface area contributed by atoms with Crippen molar-refractivity contribution in [3.05, 3.63) is 47.5 Å². The largest absolute Gasteiger partial charge is 0.414 e. The minimum absolute atomic E-state index is 0.0443. The number of carbonyl (C=O) groups excluding carboxylic acids is 2. The molecule has 43 heavy (non-hydrogen) atoms. The van der Waals surface area contributed by atoms with Crippen LogP contribution in [0.5, 0.6) is 0 Å². The molecule has 2 aliphatic rings. The zero-order chi connectivity index (χ0) is 31.1. The Morgan fingerprint density at radius 2 is 1.86 bits per heavy atom. The van der Waals surface area contributed by atoms with Crippen molar-refractivity contribution in [3.63, 3.8) is 0 Å². The average Bonchev–Trinajstić information content (AvgIpc) is 3.45. The standard InChI is InChI=1S/C29H35F5N6O3/c1-15(2)40-23(8-9-35-40)27(42)38-22(14-43-16(3)29(32,33)34)26-36-20-7-6-19(11-21(20)37-26)25(18-4-5-18)39-24(41)10-17-12-28(30,31)13-17/h6-9,11,15-18,22,25H,4-5,10,12-14H2,1-3H3,(H,36,37)(H,38,42)(H,39,41)/t16-,22-,25+/m0/s1. The van der Waals surface area contributed by atoms with Gasteiger partial charge in [-0.2, -0.15) is 18.3 Å². The molecule has 2 heterocycles. The third-order valence-corrected chi connectivity index (χ3v) is 7.94. The maximum atomic E-state index is 13.2. The topological polar surface area (TPSA) is 114 Å². The molecule has 2 fully saturated rings. The number of aromatic nitrogens is 4. The van der Waals surface area contributed by atoms with Crippen LogP contribution in [0.2, 0.25) is 0 Å². The number of rotatable bonds is 12. The van der Waals surface area contributed by atoms with E-state index in [1.54, 1.807) is 12.1 Å². The highest BCUT2D eigenvalue weighted by molar-refractivity contribution is 5.92. The summed E-state index contributed by atoms with van der Waals surface area (Å²) in [6.45, 7) is 4.07. The van der Waals surface area contributed by atoms with E-state index in [-0.39, 0.29) is 60.6 Å². The number of ether oxygens (including phenoxy) is 1. The summed E-state index contributed by atoms with van der Waals surface area (Å²) in [7, 11) is 0. The van der Waals surface area contributed by atoms with Crippen LogP contribution in [0.25, 0.3) is 11.0 Å². The van der Waals surface area contributed by atoms with Gasteiger partial charge in [0.25, 0.3) is 5.91 Å². The molecule has 2 amide bonds. The Kier molecular flexibility index (Phi) is 8.52. The zero-order valence-electron chi connectivity index (χ0n) is 24.0. The van der Waals surface area contributed by atoms with E-state index in [1.807, 2.05) is 19.9 Å². The Hall–Kier alpha value is -3.55. The smallest absolute Gasteiger partial charge is 0.366 e. The van der Waals surface area contributed by atoms with Crippen molar-refractivity contribution in [1.29, 1.82) is 0 Å². The van der Waals surface area contributed by atoms with Gasteiger partial charge in [-0.1, -0.05) is 6.07 Å². The summed E-state index contributed by atoms with van der Waals surface area (Å²) in [6.07, 6.45) is -3.88. The quantitative estimate of drug-likeness (QED) is 0.225. The fourth-order valence-electron chi connectivity index (χ4n) is 5.39. The Balaban J connectivity index is 1.35. The van der Waals surface area contributed by atoms with Crippen LogP contribution >= 0.6 is 0 Å². The molecule has 0 saturated heterocycles. The lowest BCUT2D eigenvalue weighted by Gasteiger charge is -2.34. The number of hydrogen-bond donors (Lipinski definition) is 3. The highest BCUT2D eigenvalue weighted by Gasteiger charge is 2.46. The van der Waals surface area contributed by atoms with E-state index in [0.29, 0.717) is 11.0 Å². The lowest BCUT2D eigenvalue weighted by Crippen LogP contribution is -2.39. The summed E-state index contributed by atoms with van der Waals surface area (Å²) >= 11 is 0. The van der Waals surface area contributed by atoms with Gasteiger partial charge in [0.2, 0.25) is 11.8 Å². The van der Waals surface area contributed by atoms with Gasteiger partial charge in [-0.15, -0.1) is 0 Å². The second-order valence-electron chi connectivity index (χ2n) is 11.9. The summed E-state index contributed by atoms with van der Waals surface area (Å²) < 4.78 is 72.6. The van der Waals surface area contributed by atoms with Crippen molar-refractivity contribution in [1.82, 2.24) is 30.4 Å². The number of carbonyl (C=O) groups is 2. The normalized spacial score (nSPS) is 19.2. The number of benzene rings is 1. The van der Waals surface area contributed by atoms with E-state index in [4.69, 9.17) is 4.74 Å². The van der Waals surface area contributed by atoms with E-state index in [0.717, 1.165) is 25.3 Å². The van der Waals surface area contributed by atoms with E-state index in [2.05, 4.69) is 25.7 Å². The number of aromatic amines is 1. The average molecular weight is 611 g/mol. The molecule has 234 valence electrons. The van der Waals surface area contributed by atoms with E-state index in [9.17, 15) is 31.5 Å². The Labute approximate surface area is 244 Å². The van der Waals surface area contributed by atoms with Crippen molar-refractivity contribution in [3.8, 4) is 0 Å². The van der Waals surface area contributed by atoms with Gasteiger partial charge in [-0.05, 0) is 69.2 Å². The van der Waals surface area contributed by atoms with E-state index < -0.39 is 36.8 Å². The van der Waals surface area contributed by atoms with Crippen molar-refractivity contribution in [2.24, 2.45) is 11.8 Å². The lowest BCUT2D eigenvalue weighted by molar-refractivity contribution is -0.215. The third-order valence-electron chi connectivity index (χ3n) is 7.94. The summed E-state index contributed by atoms with van der Waals surface area (Å²) in [6, 6.07) is 5.36. The molecule has 3 aromatic rings. The van der Waals surface area contributed by atoms with Gasteiger partial charge in [0.1, 0.15) is 17.6 Å². The summed E-state index contributed by atoms with van der Waals surface area (Å²) in [4.78, 5) is 33.5. The van der Waals surface area contributed by atoms with Crippen LogP contribution < -0.4 is 10.6 Å². The Morgan fingerprint density at radius 1 is 1.14 bits per heavy atom. The van der Waals surface area contributed by atoms with Crippen LogP contribution in [0.15, 0.2) is 30.5 Å². The molecule has 14 heteroatoms. The van der Waals surface area contributed by atoms with Gasteiger partial charge in [-0.25, -0.2) is 13.8 Å². The van der Waals surface area contributed by atoms with E-state index in [1.165, 1.54) is 16.9 Å². The maximum Gasteiger partial charge on any atom is 0.414 e. The first-order chi connectivity index (χ1) is 20.2. The number of nitrogens with zero attached hydrogens (tertiary/aromatic N) is 3. The van der Waals surface area contributed by atoms with Gasteiger partial charge in [0.15, 0.2) is 6.10 Å². The molecule has 5 rings (SSSR count). The number of imidazole rings is 1. The molecule has 9 nitrogen and oxygen atoms in total. The molecule has 0 radical (unpaired) electrons. The second kappa shape index (κ2) is 11.9. The minimum atomic E-state index is -4.59. The zero-order valence-corrected chi connectivity index (χ0v) is 24.0. The first-order valence-corrected chi connectivity index (χ1v) is 14.4.